The van der Waals surface area contributed by atoms with Crippen LogP contribution in [-0.2, 0) is 0 Å². The van der Waals surface area contributed by atoms with Gasteiger partial charge in [-0.05, 0) is 58.1 Å². The largest absolute Gasteiger partial charge is 0.455 e. The number of hydrogen-bond acceptors (Lipinski definition) is 4. The third kappa shape index (κ3) is 6.00. The number of benzene rings is 9. The number of para-hydroxylation sites is 2. The molecule has 0 aliphatic rings. The van der Waals surface area contributed by atoms with Gasteiger partial charge >= 0.3 is 0 Å². The number of aromatic nitrogens is 3. The number of hydrogen-bond donors (Lipinski definition) is 0. The van der Waals surface area contributed by atoms with E-state index in [9.17, 15) is 5.26 Å². The van der Waals surface area contributed by atoms with E-state index in [1.807, 2.05) is 78.9 Å². The second kappa shape index (κ2) is 15.3. The van der Waals surface area contributed by atoms with Gasteiger partial charge in [-0.3, -0.25) is 0 Å². The van der Waals surface area contributed by atoms with Gasteiger partial charge in [0.15, 0.2) is 5.82 Å². The lowest BCUT2D eigenvalue weighted by molar-refractivity contribution is 0.674. The van der Waals surface area contributed by atoms with Crippen molar-refractivity contribution in [3.63, 3.8) is 0 Å². The van der Waals surface area contributed by atoms with E-state index in [0.29, 0.717) is 22.8 Å². The number of nitrogens with zero attached hydrogens (tertiary/aromatic N) is 4. The second-order valence-corrected chi connectivity index (χ2v) is 16.0. The molecule has 0 fully saturated rings. The minimum Gasteiger partial charge on any atom is -0.455 e. The molecule has 0 saturated heterocycles. The van der Waals surface area contributed by atoms with Gasteiger partial charge in [0.05, 0.1) is 27.8 Å². The Morgan fingerprint density at radius 2 is 0.875 bits per heavy atom. The Morgan fingerprint density at radius 1 is 0.406 bits per heavy atom. The van der Waals surface area contributed by atoms with Gasteiger partial charge < -0.3 is 8.98 Å². The molecule has 12 rings (SSSR count). The van der Waals surface area contributed by atoms with E-state index in [1.54, 1.807) is 0 Å². The number of rotatable bonds is 7. The highest BCUT2D eigenvalue weighted by atomic mass is 16.3. The van der Waals surface area contributed by atoms with Crippen molar-refractivity contribution in [2.75, 3.05) is 0 Å². The Morgan fingerprint density at radius 3 is 1.42 bits per heavy atom. The normalized spacial score (nSPS) is 11.4. The van der Waals surface area contributed by atoms with E-state index in [-0.39, 0.29) is 0 Å². The quantitative estimate of drug-likeness (QED) is 0.161. The third-order valence-corrected chi connectivity index (χ3v) is 12.3. The second-order valence-electron chi connectivity index (χ2n) is 16.0. The van der Waals surface area contributed by atoms with Crippen molar-refractivity contribution in [2.45, 2.75) is 0 Å². The molecular weight excluding hydrogens is 781 g/mol. The first-order chi connectivity index (χ1) is 31.7. The van der Waals surface area contributed by atoms with E-state index in [1.165, 1.54) is 0 Å². The summed E-state index contributed by atoms with van der Waals surface area (Å²) in [5, 5.41) is 15.1. The summed E-state index contributed by atoms with van der Waals surface area (Å²) in [5.74, 6) is 0.529. The van der Waals surface area contributed by atoms with Crippen molar-refractivity contribution in [1.82, 2.24) is 14.5 Å². The van der Waals surface area contributed by atoms with Crippen LogP contribution in [-0.4, -0.2) is 14.5 Å². The van der Waals surface area contributed by atoms with Crippen LogP contribution in [0.25, 0.3) is 117 Å². The van der Waals surface area contributed by atoms with Crippen LogP contribution in [0.1, 0.15) is 5.56 Å². The molecule has 0 N–H and O–H groups in total. The first kappa shape index (κ1) is 37.0. The molecule has 3 aromatic heterocycles. The minimum atomic E-state index is 0.429. The van der Waals surface area contributed by atoms with Crippen molar-refractivity contribution in [3.8, 4) is 79.0 Å². The summed E-state index contributed by atoms with van der Waals surface area (Å²) in [6, 6.07) is 77.8. The van der Waals surface area contributed by atoms with Gasteiger partial charge in [0.2, 0.25) is 0 Å². The first-order valence-electron chi connectivity index (χ1n) is 21.4. The molecule has 0 atom stereocenters. The Labute approximate surface area is 369 Å². The maximum atomic E-state index is 10.8. The average molecular weight is 817 g/mol. The van der Waals surface area contributed by atoms with Gasteiger partial charge in [-0.25, -0.2) is 9.97 Å². The average Bonchev–Trinajstić information content (AvgIpc) is 3.93. The van der Waals surface area contributed by atoms with E-state index >= 15 is 0 Å². The molecule has 0 unspecified atom stereocenters. The topological polar surface area (TPSA) is 67.6 Å². The molecule has 0 spiro atoms. The molecule has 298 valence electrons. The zero-order valence-corrected chi connectivity index (χ0v) is 34.5. The third-order valence-electron chi connectivity index (χ3n) is 12.3. The summed E-state index contributed by atoms with van der Waals surface area (Å²) < 4.78 is 9.40. The summed E-state index contributed by atoms with van der Waals surface area (Å²) >= 11 is 0. The maximum Gasteiger partial charge on any atom is 0.161 e. The van der Waals surface area contributed by atoms with Crippen LogP contribution in [0.2, 0.25) is 0 Å². The summed E-state index contributed by atoms with van der Waals surface area (Å²) in [5.41, 5.74) is 15.1. The molecule has 12 aromatic rings. The summed E-state index contributed by atoms with van der Waals surface area (Å²) in [6.07, 6.45) is 0. The van der Waals surface area contributed by atoms with Gasteiger partial charge in [-0.15, -0.1) is 0 Å². The van der Waals surface area contributed by atoms with E-state index < -0.39 is 0 Å². The molecule has 9 aromatic carbocycles. The van der Waals surface area contributed by atoms with Crippen LogP contribution in [0.4, 0.5) is 0 Å². The van der Waals surface area contributed by atoms with Gasteiger partial charge in [-0.2, -0.15) is 5.26 Å². The van der Waals surface area contributed by atoms with E-state index in [4.69, 9.17) is 14.4 Å². The fraction of sp³-hybridized carbons (Fsp3) is 0. The minimum absolute atomic E-state index is 0.429. The lowest BCUT2D eigenvalue weighted by Gasteiger charge is -2.20. The van der Waals surface area contributed by atoms with Crippen molar-refractivity contribution < 1.29 is 4.42 Å². The van der Waals surface area contributed by atoms with Crippen molar-refractivity contribution >= 4 is 43.7 Å². The molecule has 3 heterocycles. The van der Waals surface area contributed by atoms with Crippen molar-refractivity contribution in [1.29, 1.82) is 5.26 Å². The monoisotopic (exact) mass is 816 g/mol. The van der Waals surface area contributed by atoms with Gasteiger partial charge in [0.25, 0.3) is 0 Å². The fourth-order valence-electron chi connectivity index (χ4n) is 9.41. The maximum absolute atomic E-state index is 10.8. The summed E-state index contributed by atoms with van der Waals surface area (Å²) in [6.45, 7) is 0. The lowest BCUT2D eigenvalue weighted by atomic mass is 9.89. The van der Waals surface area contributed by atoms with Gasteiger partial charge in [0, 0.05) is 44.1 Å². The van der Waals surface area contributed by atoms with Crippen LogP contribution in [0.15, 0.2) is 223 Å². The Bertz CT molecular complexity index is 3640. The van der Waals surface area contributed by atoms with Gasteiger partial charge in [0.1, 0.15) is 22.8 Å². The van der Waals surface area contributed by atoms with Crippen molar-refractivity contribution in [2.24, 2.45) is 0 Å². The standard InChI is InChI=1S/C59H36N4O/c60-37-50-55(41-25-12-4-13-26-41)61-59(62-56(50)42-27-14-5-15-28-42)53-48(39-21-8-2-9-22-39)35-43(36-49(53)40-23-10-3-11-24-40)63-51-32-17-16-29-47(51)54-52(63)34-33-46-45-31-18-30-44(57(45)64-58(46)54)38-19-6-1-7-20-38/h1-36H. The SMILES string of the molecule is N#Cc1c(-c2ccccc2)nc(-c2c(-c3ccccc3)cc(-n3c4ccccc4c4c5oc6c(-c7ccccc7)cccc6c5ccc43)cc2-c2ccccc2)nc1-c1ccccc1. The van der Waals surface area contributed by atoms with E-state index in [0.717, 1.165) is 99.5 Å². The smallest absolute Gasteiger partial charge is 0.161 e. The van der Waals surface area contributed by atoms with E-state index in [2.05, 4.69) is 150 Å². The highest BCUT2D eigenvalue weighted by Crippen LogP contribution is 2.46. The highest BCUT2D eigenvalue weighted by Gasteiger charge is 2.26. The van der Waals surface area contributed by atoms with Crippen LogP contribution in [0.5, 0.6) is 0 Å². The first-order valence-corrected chi connectivity index (χ1v) is 21.4. The molecule has 0 aliphatic carbocycles. The Hall–Kier alpha value is -8.85. The fourth-order valence-corrected chi connectivity index (χ4v) is 9.41. The predicted octanol–water partition coefficient (Wildman–Crippen LogP) is 15.3. The molecule has 0 bridgehead atoms. The van der Waals surface area contributed by atoms with Crippen LogP contribution < -0.4 is 0 Å². The molecular formula is C59H36N4O. The van der Waals surface area contributed by atoms with Crippen LogP contribution >= 0.6 is 0 Å². The summed E-state index contributed by atoms with van der Waals surface area (Å²) in [4.78, 5) is 10.7. The number of fused-ring (bicyclic) bond motifs is 7. The van der Waals surface area contributed by atoms with Gasteiger partial charge in [-0.1, -0.05) is 188 Å². The lowest BCUT2D eigenvalue weighted by Crippen LogP contribution is -2.04. The van der Waals surface area contributed by atoms with Crippen LogP contribution in [0.3, 0.4) is 0 Å². The molecule has 0 saturated carbocycles. The zero-order valence-electron chi connectivity index (χ0n) is 34.5. The molecule has 0 aliphatic heterocycles. The zero-order chi connectivity index (χ0) is 42.6. The Kier molecular flexibility index (Phi) is 8.81. The molecule has 64 heavy (non-hydrogen) atoms. The predicted molar refractivity (Wildman–Crippen MR) is 261 cm³/mol. The molecule has 5 heteroatoms. The molecule has 0 amide bonds. The van der Waals surface area contributed by atoms with Crippen LogP contribution in [0, 0.1) is 11.3 Å². The number of furan rings is 1. The highest BCUT2D eigenvalue weighted by molar-refractivity contribution is 6.25. The molecule has 0 radical (unpaired) electrons. The summed E-state index contributed by atoms with van der Waals surface area (Å²) in [7, 11) is 0. The van der Waals surface area contributed by atoms with Crippen molar-refractivity contribution in [3.05, 3.63) is 224 Å². The molecule has 5 nitrogen and oxygen atoms in total. The number of nitriles is 1. The Balaban J connectivity index is 1.19.